The van der Waals surface area contributed by atoms with Gasteiger partial charge in [0, 0.05) is 12.1 Å². The SMILES string of the molecule is COC(=O)CCCCC[C@H](N)C(=O)Nc1ccccc1. The zero-order valence-corrected chi connectivity index (χ0v) is 11.8. The van der Waals surface area contributed by atoms with Crippen molar-refractivity contribution >= 4 is 17.6 Å². The van der Waals surface area contributed by atoms with Crippen LogP contribution in [0.3, 0.4) is 0 Å². The smallest absolute Gasteiger partial charge is 0.305 e. The van der Waals surface area contributed by atoms with Crippen molar-refractivity contribution in [1.29, 1.82) is 0 Å². The number of nitrogens with one attached hydrogen (secondary N) is 1. The third kappa shape index (κ3) is 6.33. The summed E-state index contributed by atoms with van der Waals surface area (Å²) in [5, 5.41) is 2.77. The molecule has 0 saturated carbocycles. The Morgan fingerprint density at radius 2 is 1.90 bits per heavy atom. The number of rotatable bonds is 8. The summed E-state index contributed by atoms with van der Waals surface area (Å²) < 4.78 is 4.55. The number of ether oxygens (including phenoxy) is 1. The maximum Gasteiger partial charge on any atom is 0.305 e. The number of hydrogen-bond donors (Lipinski definition) is 2. The van der Waals surface area contributed by atoms with Crippen LogP contribution in [-0.2, 0) is 14.3 Å². The molecule has 0 aliphatic heterocycles. The number of para-hydroxylation sites is 1. The van der Waals surface area contributed by atoms with Gasteiger partial charge in [0.25, 0.3) is 0 Å². The molecule has 0 aromatic heterocycles. The topological polar surface area (TPSA) is 81.4 Å². The van der Waals surface area contributed by atoms with Gasteiger partial charge < -0.3 is 15.8 Å². The highest BCUT2D eigenvalue weighted by atomic mass is 16.5. The molecule has 5 nitrogen and oxygen atoms in total. The highest BCUT2D eigenvalue weighted by Gasteiger charge is 2.13. The molecule has 110 valence electrons. The van der Waals surface area contributed by atoms with Crippen molar-refractivity contribution in [2.24, 2.45) is 5.73 Å². The zero-order chi connectivity index (χ0) is 14.8. The molecule has 1 aromatic carbocycles. The van der Waals surface area contributed by atoms with Crippen LogP contribution < -0.4 is 11.1 Å². The van der Waals surface area contributed by atoms with Gasteiger partial charge in [-0.1, -0.05) is 31.0 Å². The third-order valence-corrected chi connectivity index (χ3v) is 3.00. The molecule has 5 heteroatoms. The van der Waals surface area contributed by atoms with Crippen molar-refractivity contribution in [3.05, 3.63) is 30.3 Å². The Bertz CT molecular complexity index is 420. The van der Waals surface area contributed by atoms with Gasteiger partial charge in [-0.3, -0.25) is 9.59 Å². The molecule has 0 aliphatic carbocycles. The molecule has 1 rings (SSSR count). The van der Waals surface area contributed by atoms with Crippen LogP contribution >= 0.6 is 0 Å². The van der Waals surface area contributed by atoms with E-state index in [0.29, 0.717) is 12.8 Å². The van der Waals surface area contributed by atoms with E-state index in [4.69, 9.17) is 5.73 Å². The highest BCUT2D eigenvalue weighted by molar-refractivity contribution is 5.94. The minimum absolute atomic E-state index is 0.177. The van der Waals surface area contributed by atoms with E-state index in [-0.39, 0.29) is 11.9 Å². The number of unbranched alkanes of at least 4 members (excludes halogenated alkanes) is 2. The number of anilines is 1. The number of hydrogen-bond acceptors (Lipinski definition) is 4. The molecule has 0 unspecified atom stereocenters. The molecule has 0 fully saturated rings. The van der Waals surface area contributed by atoms with Crippen LogP contribution in [0.4, 0.5) is 5.69 Å². The number of carbonyl (C=O) groups excluding carboxylic acids is 2. The Kier molecular flexibility index (Phi) is 7.35. The monoisotopic (exact) mass is 278 g/mol. The average molecular weight is 278 g/mol. The number of benzene rings is 1. The minimum Gasteiger partial charge on any atom is -0.469 e. The van der Waals surface area contributed by atoms with E-state index in [0.717, 1.165) is 24.9 Å². The Morgan fingerprint density at radius 1 is 1.20 bits per heavy atom. The molecule has 1 amide bonds. The first kappa shape index (κ1) is 16.2. The quantitative estimate of drug-likeness (QED) is 0.563. The van der Waals surface area contributed by atoms with Gasteiger partial charge in [-0.15, -0.1) is 0 Å². The van der Waals surface area contributed by atoms with Gasteiger partial charge in [0.2, 0.25) is 5.91 Å². The number of amides is 1. The highest BCUT2D eigenvalue weighted by Crippen LogP contribution is 2.09. The second-order valence-corrected chi connectivity index (χ2v) is 4.64. The second kappa shape index (κ2) is 9.09. The molecule has 0 spiro atoms. The van der Waals surface area contributed by atoms with Crippen LogP contribution in [0.15, 0.2) is 30.3 Å². The molecule has 1 aromatic rings. The fourth-order valence-electron chi connectivity index (χ4n) is 1.80. The lowest BCUT2D eigenvalue weighted by Gasteiger charge is -2.12. The Balaban J connectivity index is 2.17. The number of carbonyl (C=O) groups is 2. The van der Waals surface area contributed by atoms with Crippen LogP contribution in [0.5, 0.6) is 0 Å². The first-order chi connectivity index (χ1) is 9.63. The number of nitrogens with two attached hydrogens (primary N) is 1. The lowest BCUT2D eigenvalue weighted by molar-refractivity contribution is -0.140. The van der Waals surface area contributed by atoms with Crippen molar-refractivity contribution in [2.75, 3.05) is 12.4 Å². The third-order valence-electron chi connectivity index (χ3n) is 3.00. The van der Waals surface area contributed by atoms with Gasteiger partial charge in [0.1, 0.15) is 0 Å². The van der Waals surface area contributed by atoms with Crippen LogP contribution in [0.25, 0.3) is 0 Å². The summed E-state index contributed by atoms with van der Waals surface area (Å²) in [6.45, 7) is 0. The Morgan fingerprint density at radius 3 is 2.55 bits per heavy atom. The van der Waals surface area contributed by atoms with E-state index in [2.05, 4.69) is 10.1 Å². The molecule has 0 aliphatic rings. The van der Waals surface area contributed by atoms with E-state index in [1.54, 1.807) is 0 Å². The van der Waals surface area contributed by atoms with Crippen LogP contribution in [0.2, 0.25) is 0 Å². The van der Waals surface area contributed by atoms with Gasteiger partial charge >= 0.3 is 5.97 Å². The maximum atomic E-state index is 11.8. The summed E-state index contributed by atoms with van der Waals surface area (Å²) in [4.78, 5) is 22.7. The van der Waals surface area contributed by atoms with E-state index >= 15 is 0 Å². The standard InChI is InChI=1S/C15H22N2O3/c1-20-14(18)11-7-3-6-10-13(16)15(19)17-12-8-4-2-5-9-12/h2,4-5,8-9,13H,3,6-7,10-11,16H2,1H3,(H,17,19)/t13-/m0/s1. The first-order valence-corrected chi connectivity index (χ1v) is 6.82. The molecular weight excluding hydrogens is 256 g/mol. The van der Waals surface area contributed by atoms with Gasteiger partial charge in [-0.05, 0) is 25.0 Å². The van der Waals surface area contributed by atoms with Gasteiger partial charge in [0.05, 0.1) is 13.2 Å². The predicted molar refractivity (Wildman–Crippen MR) is 78.1 cm³/mol. The van der Waals surface area contributed by atoms with Crippen LogP contribution in [0.1, 0.15) is 32.1 Å². The van der Waals surface area contributed by atoms with Gasteiger partial charge in [-0.2, -0.15) is 0 Å². The van der Waals surface area contributed by atoms with E-state index in [1.165, 1.54) is 7.11 Å². The second-order valence-electron chi connectivity index (χ2n) is 4.64. The summed E-state index contributed by atoms with van der Waals surface area (Å²) in [6, 6.07) is 8.72. The normalized spacial score (nSPS) is 11.7. The summed E-state index contributed by atoms with van der Waals surface area (Å²) in [5.41, 5.74) is 6.58. The fourth-order valence-corrected chi connectivity index (χ4v) is 1.80. The number of methoxy groups -OCH3 is 1. The summed E-state index contributed by atoms with van der Waals surface area (Å²) >= 11 is 0. The maximum absolute atomic E-state index is 11.8. The Labute approximate surface area is 119 Å². The zero-order valence-electron chi connectivity index (χ0n) is 11.8. The summed E-state index contributed by atoms with van der Waals surface area (Å²) in [7, 11) is 1.38. The van der Waals surface area contributed by atoms with Crippen molar-refractivity contribution < 1.29 is 14.3 Å². The molecule has 0 heterocycles. The molecule has 1 atom stereocenters. The van der Waals surface area contributed by atoms with Crippen LogP contribution in [-0.4, -0.2) is 25.0 Å². The Hall–Kier alpha value is -1.88. The summed E-state index contributed by atoms with van der Waals surface area (Å²) in [5.74, 6) is -0.375. The largest absolute Gasteiger partial charge is 0.469 e. The van der Waals surface area contributed by atoms with E-state index < -0.39 is 6.04 Å². The van der Waals surface area contributed by atoms with E-state index in [1.807, 2.05) is 30.3 Å². The first-order valence-electron chi connectivity index (χ1n) is 6.82. The summed E-state index contributed by atoms with van der Waals surface area (Å²) in [6.07, 6.45) is 3.48. The average Bonchev–Trinajstić information content (AvgIpc) is 2.47. The van der Waals surface area contributed by atoms with Crippen molar-refractivity contribution in [3.8, 4) is 0 Å². The lowest BCUT2D eigenvalue weighted by atomic mass is 10.1. The van der Waals surface area contributed by atoms with Gasteiger partial charge in [-0.25, -0.2) is 0 Å². The molecule has 0 saturated heterocycles. The van der Waals surface area contributed by atoms with Crippen LogP contribution in [0, 0.1) is 0 Å². The molecule has 20 heavy (non-hydrogen) atoms. The number of esters is 1. The molecular formula is C15H22N2O3. The fraction of sp³-hybridized carbons (Fsp3) is 0.467. The van der Waals surface area contributed by atoms with Crippen molar-refractivity contribution in [3.63, 3.8) is 0 Å². The minimum atomic E-state index is -0.520. The van der Waals surface area contributed by atoms with E-state index in [9.17, 15) is 9.59 Å². The lowest BCUT2D eigenvalue weighted by Crippen LogP contribution is -2.35. The van der Waals surface area contributed by atoms with Crippen molar-refractivity contribution in [1.82, 2.24) is 0 Å². The molecule has 0 radical (unpaired) electrons. The molecule has 0 bridgehead atoms. The molecule has 3 N–H and O–H groups in total. The van der Waals surface area contributed by atoms with Crippen molar-refractivity contribution in [2.45, 2.75) is 38.1 Å². The predicted octanol–water partition coefficient (Wildman–Crippen LogP) is 2.08. The van der Waals surface area contributed by atoms with Gasteiger partial charge in [0.15, 0.2) is 0 Å².